The maximum absolute atomic E-state index is 12.4. The highest BCUT2D eigenvalue weighted by Crippen LogP contribution is 2.43. The quantitative estimate of drug-likeness (QED) is 0.452. The number of phenolic OH excluding ortho intramolecular Hbond substituents is 2. The molecule has 0 fully saturated rings. The molecule has 0 saturated carbocycles. The molecule has 0 aliphatic rings. The summed E-state index contributed by atoms with van der Waals surface area (Å²) in [7, 11) is -4.00. The summed E-state index contributed by atoms with van der Waals surface area (Å²) in [5, 5.41) is 29.8. The third kappa shape index (κ3) is 3.96. The number of ether oxygens (including phenoxy) is 1. The van der Waals surface area contributed by atoms with Crippen molar-refractivity contribution in [3.05, 3.63) is 46.6 Å². The van der Waals surface area contributed by atoms with Crippen LogP contribution in [0.3, 0.4) is 0 Å². The SMILES string of the molecule is CCOP(=O)(O)COc1cc(-c2oc3cc(O)ccc3c(=O)c2O)ccc1O. The van der Waals surface area contributed by atoms with E-state index in [1.165, 1.54) is 36.4 Å². The molecule has 0 amide bonds. The van der Waals surface area contributed by atoms with Gasteiger partial charge in [0.1, 0.15) is 11.3 Å². The van der Waals surface area contributed by atoms with Gasteiger partial charge in [-0.3, -0.25) is 9.36 Å². The minimum Gasteiger partial charge on any atom is -0.508 e. The minimum atomic E-state index is -4.00. The molecular weight excluding hydrogens is 391 g/mol. The van der Waals surface area contributed by atoms with Gasteiger partial charge in [0.25, 0.3) is 0 Å². The molecule has 0 aliphatic carbocycles. The van der Waals surface area contributed by atoms with Crippen LogP contribution in [-0.4, -0.2) is 33.2 Å². The summed E-state index contributed by atoms with van der Waals surface area (Å²) in [4.78, 5) is 21.9. The first kappa shape index (κ1) is 19.8. The van der Waals surface area contributed by atoms with E-state index < -0.39 is 25.1 Å². The summed E-state index contributed by atoms with van der Waals surface area (Å²) in [6.45, 7) is 1.55. The number of phenols is 2. The van der Waals surface area contributed by atoms with Gasteiger partial charge in [-0.15, -0.1) is 0 Å². The Hall–Kier alpha value is -3.00. The monoisotopic (exact) mass is 408 g/mol. The Morgan fingerprint density at radius 2 is 1.86 bits per heavy atom. The van der Waals surface area contributed by atoms with Crippen molar-refractivity contribution in [3.8, 4) is 34.3 Å². The van der Waals surface area contributed by atoms with Gasteiger partial charge in [0.2, 0.25) is 11.2 Å². The van der Waals surface area contributed by atoms with Crippen LogP contribution < -0.4 is 10.2 Å². The highest BCUT2D eigenvalue weighted by Gasteiger charge is 2.22. The summed E-state index contributed by atoms with van der Waals surface area (Å²) < 4.78 is 27.1. The van der Waals surface area contributed by atoms with Crippen LogP contribution >= 0.6 is 7.60 Å². The van der Waals surface area contributed by atoms with Crippen molar-refractivity contribution in [2.75, 3.05) is 13.0 Å². The van der Waals surface area contributed by atoms with Crippen molar-refractivity contribution in [3.63, 3.8) is 0 Å². The van der Waals surface area contributed by atoms with Crippen LogP contribution in [0.1, 0.15) is 6.92 Å². The van der Waals surface area contributed by atoms with Crippen molar-refractivity contribution < 1.29 is 38.5 Å². The standard InChI is InChI=1S/C18H17O9P/c1-2-26-28(23,24)9-25-15-7-10(3-6-13(15)20)18-17(22)16(21)12-5-4-11(19)8-14(12)27-18/h3-8,19-20,22H,2,9H2,1H3,(H,23,24). The number of aromatic hydroxyl groups is 3. The van der Waals surface area contributed by atoms with Crippen LogP contribution in [0.25, 0.3) is 22.3 Å². The molecule has 0 aliphatic heterocycles. The first-order chi connectivity index (χ1) is 13.2. The molecule has 9 nitrogen and oxygen atoms in total. The average molecular weight is 408 g/mol. The second-order valence-corrected chi connectivity index (χ2v) is 7.59. The fraction of sp³-hybridized carbons (Fsp3) is 0.167. The molecule has 148 valence electrons. The van der Waals surface area contributed by atoms with Crippen molar-refractivity contribution in [1.29, 1.82) is 0 Å². The van der Waals surface area contributed by atoms with Crippen LogP contribution in [-0.2, 0) is 9.09 Å². The summed E-state index contributed by atoms with van der Waals surface area (Å²) in [5.41, 5.74) is -0.496. The minimum absolute atomic E-state index is 0.00608. The molecular formula is C18H17O9P. The summed E-state index contributed by atoms with van der Waals surface area (Å²) in [6.07, 6.45) is -0.709. The van der Waals surface area contributed by atoms with Gasteiger partial charge in [-0.05, 0) is 37.3 Å². The second kappa shape index (κ2) is 7.55. The smallest absolute Gasteiger partial charge is 0.365 e. The highest BCUT2D eigenvalue weighted by atomic mass is 31.2. The molecule has 1 atom stereocenters. The molecule has 0 spiro atoms. The number of benzene rings is 2. The Balaban J connectivity index is 2.04. The maximum Gasteiger partial charge on any atom is 0.365 e. The van der Waals surface area contributed by atoms with Crippen LogP contribution in [0.15, 0.2) is 45.6 Å². The van der Waals surface area contributed by atoms with Crippen LogP contribution in [0.2, 0.25) is 0 Å². The third-order valence-electron chi connectivity index (χ3n) is 3.79. The number of hydrogen-bond donors (Lipinski definition) is 4. The lowest BCUT2D eigenvalue weighted by molar-refractivity contribution is 0.238. The zero-order chi connectivity index (χ0) is 20.5. The molecule has 1 heterocycles. The molecule has 4 N–H and O–H groups in total. The predicted octanol–water partition coefficient (Wildman–Crippen LogP) is 3.14. The molecule has 0 saturated heterocycles. The van der Waals surface area contributed by atoms with Gasteiger partial charge >= 0.3 is 7.60 Å². The number of fused-ring (bicyclic) bond motifs is 1. The first-order valence-corrected chi connectivity index (χ1v) is 9.89. The molecule has 28 heavy (non-hydrogen) atoms. The lowest BCUT2D eigenvalue weighted by Crippen LogP contribution is -2.03. The zero-order valence-corrected chi connectivity index (χ0v) is 15.6. The van der Waals surface area contributed by atoms with E-state index in [4.69, 9.17) is 9.15 Å². The van der Waals surface area contributed by atoms with Gasteiger partial charge in [-0.2, -0.15) is 0 Å². The lowest BCUT2D eigenvalue weighted by Gasteiger charge is -2.14. The molecule has 0 radical (unpaired) electrons. The van der Waals surface area contributed by atoms with Crippen molar-refractivity contribution in [2.24, 2.45) is 0 Å². The van der Waals surface area contributed by atoms with E-state index in [-0.39, 0.29) is 46.1 Å². The van der Waals surface area contributed by atoms with Gasteiger partial charge in [-0.1, -0.05) is 0 Å². The fourth-order valence-corrected chi connectivity index (χ4v) is 3.31. The summed E-state index contributed by atoms with van der Waals surface area (Å²) in [5.74, 6) is -1.52. The van der Waals surface area contributed by atoms with E-state index >= 15 is 0 Å². The Bertz CT molecular complexity index is 1140. The molecule has 0 bridgehead atoms. The van der Waals surface area contributed by atoms with E-state index in [0.717, 1.165) is 0 Å². The molecule has 10 heteroatoms. The van der Waals surface area contributed by atoms with Crippen LogP contribution in [0, 0.1) is 0 Å². The third-order valence-corrected chi connectivity index (χ3v) is 4.91. The van der Waals surface area contributed by atoms with E-state index in [1.54, 1.807) is 6.92 Å². The van der Waals surface area contributed by atoms with Crippen molar-refractivity contribution >= 4 is 18.6 Å². The fourth-order valence-electron chi connectivity index (χ4n) is 2.53. The number of rotatable bonds is 6. The first-order valence-electron chi connectivity index (χ1n) is 8.13. The van der Waals surface area contributed by atoms with Crippen LogP contribution in [0.5, 0.6) is 23.0 Å². The molecule has 1 unspecified atom stereocenters. The van der Waals surface area contributed by atoms with Gasteiger partial charge in [0.05, 0.1) is 12.0 Å². The van der Waals surface area contributed by atoms with E-state index in [9.17, 15) is 29.6 Å². The van der Waals surface area contributed by atoms with E-state index in [0.29, 0.717) is 0 Å². The van der Waals surface area contributed by atoms with Crippen LogP contribution in [0.4, 0.5) is 0 Å². The summed E-state index contributed by atoms with van der Waals surface area (Å²) in [6, 6.07) is 7.62. The molecule has 1 aromatic heterocycles. The zero-order valence-electron chi connectivity index (χ0n) is 14.7. The Kier molecular flexibility index (Phi) is 5.33. The highest BCUT2D eigenvalue weighted by molar-refractivity contribution is 7.52. The van der Waals surface area contributed by atoms with Gasteiger partial charge in [0, 0.05) is 11.6 Å². The maximum atomic E-state index is 12.4. The normalized spacial score (nSPS) is 13.4. The van der Waals surface area contributed by atoms with E-state index in [1.807, 2.05) is 0 Å². The molecule has 3 rings (SSSR count). The van der Waals surface area contributed by atoms with Gasteiger partial charge in [0.15, 0.2) is 23.6 Å². The predicted molar refractivity (Wildman–Crippen MR) is 99.9 cm³/mol. The number of hydrogen-bond acceptors (Lipinski definition) is 8. The Morgan fingerprint density at radius 1 is 1.11 bits per heavy atom. The molecule has 2 aromatic carbocycles. The second-order valence-electron chi connectivity index (χ2n) is 5.80. The topological polar surface area (TPSA) is 147 Å². The lowest BCUT2D eigenvalue weighted by atomic mass is 10.1. The van der Waals surface area contributed by atoms with E-state index in [2.05, 4.69) is 4.52 Å². The largest absolute Gasteiger partial charge is 0.508 e. The average Bonchev–Trinajstić information content (AvgIpc) is 2.64. The molecule has 3 aromatic rings. The van der Waals surface area contributed by atoms with Gasteiger partial charge < -0.3 is 33.9 Å². The Morgan fingerprint density at radius 3 is 2.57 bits per heavy atom. The Labute approximate surface area is 158 Å². The van der Waals surface area contributed by atoms with Crippen molar-refractivity contribution in [2.45, 2.75) is 6.92 Å². The van der Waals surface area contributed by atoms with Crippen molar-refractivity contribution in [1.82, 2.24) is 0 Å². The van der Waals surface area contributed by atoms with Gasteiger partial charge in [-0.25, -0.2) is 0 Å². The summed E-state index contributed by atoms with van der Waals surface area (Å²) >= 11 is 0.